The van der Waals surface area contributed by atoms with Gasteiger partial charge in [0.25, 0.3) is 11.6 Å². The van der Waals surface area contributed by atoms with Gasteiger partial charge in [-0.2, -0.15) is 5.26 Å². The van der Waals surface area contributed by atoms with Gasteiger partial charge in [-0.15, -0.1) is 0 Å². The number of nitrogens with zero attached hydrogens (tertiary/aromatic N) is 2. The Bertz CT molecular complexity index is 748. The zero-order chi connectivity index (χ0) is 16.8. The number of nitriles is 1. The van der Waals surface area contributed by atoms with E-state index >= 15 is 0 Å². The van der Waals surface area contributed by atoms with Crippen molar-refractivity contribution in [1.82, 2.24) is 0 Å². The van der Waals surface area contributed by atoms with Gasteiger partial charge in [-0.05, 0) is 43.3 Å². The molecule has 0 aliphatic heterocycles. The molecule has 116 valence electrons. The number of ether oxygens (including phenoxy) is 1. The number of rotatable bonds is 5. The van der Waals surface area contributed by atoms with E-state index in [1.54, 1.807) is 31.2 Å². The molecule has 1 N–H and O–H groups in total. The molecule has 0 saturated heterocycles. The molecular weight excluding hydrogens is 298 g/mol. The highest BCUT2D eigenvalue weighted by molar-refractivity contribution is 5.94. The fourth-order valence-corrected chi connectivity index (χ4v) is 1.78. The summed E-state index contributed by atoms with van der Waals surface area (Å²) >= 11 is 0. The van der Waals surface area contributed by atoms with E-state index in [1.807, 2.05) is 6.07 Å². The summed E-state index contributed by atoms with van der Waals surface area (Å²) in [7, 11) is 0. The van der Waals surface area contributed by atoms with Crippen LogP contribution in [0.3, 0.4) is 0 Å². The summed E-state index contributed by atoms with van der Waals surface area (Å²) in [5, 5.41) is 22.0. The Morgan fingerprint density at radius 1 is 1.22 bits per heavy atom. The molecule has 0 heterocycles. The molecule has 7 nitrogen and oxygen atoms in total. The Balaban J connectivity index is 1.96. The molecule has 0 fully saturated rings. The standard InChI is InChI=1S/C16H13N3O4/c1-11(23-15-8-6-14(7-9-15)19(21)22)16(20)18-13-4-2-12(10-17)3-5-13/h2-9,11H,1H3,(H,18,20)/t11-/m0/s1. The summed E-state index contributed by atoms with van der Waals surface area (Å²) in [5.41, 5.74) is 0.998. The summed E-state index contributed by atoms with van der Waals surface area (Å²) in [4.78, 5) is 22.1. The molecule has 0 bridgehead atoms. The highest BCUT2D eigenvalue weighted by Crippen LogP contribution is 2.19. The second-order valence-electron chi connectivity index (χ2n) is 4.69. The van der Waals surface area contributed by atoms with Gasteiger partial charge in [-0.3, -0.25) is 14.9 Å². The van der Waals surface area contributed by atoms with E-state index in [1.165, 1.54) is 24.3 Å². The molecule has 0 unspecified atom stereocenters. The molecule has 2 aromatic rings. The summed E-state index contributed by atoms with van der Waals surface area (Å²) in [6, 6.07) is 13.9. The maximum Gasteiger partial charge on any atom is 0.269 e. The monoisotopic (exact) mass is 311 g/mol. The third kappa shape index (κ3) is 4.28. The number of benzene rings is 2. The zero-order valence-corrected chi connectivity index (χ0v) is 12.2. The molecule has 0 aliphatic carbocycles. The van der Waals surface area contributed by atoms with Crippen LogP contribution in [0.5, 0.6) is 5.75 Å². The van der Waals surface area contributed by atoms with Gasteiger partial charge in [-0.1, -0.05) is 0 Å². The highest BCUT2D eigenvalue weighted by atomic mass is 16.6. The minimum Gasteiger partial charge on any atom is -0.481 e. The molecule has 0 saturated carbocycles. The number of nitro groups is 1. The van der Waals surface area contributed by atoms with Crippen molar-refractivity contribution in [3.63, 3.8) is 0 Å². The Morgan fingerprint density at radius 3 is 2.35 bits per heavy atom. The molecule has 23 heavy (non-hydrogen) atoms. The van der Waals surface area contributed by atoms with Crippen LogP contribution in [-0.4, -0.2) is 16.9 Å². The highest BCUT2D eigenvalue weighted by Gasteiger charge is 2.15. The van der Waals surface area contributed by atoms with Crippen LogP contribution < -0.4 is 10.1 Å². The van der Waals surface area contributed by atoms with Crippen LogP contribution in [0.2, 0.25) is 0 Å². The maximum atomic E-state index is 12.0. The summed E-state index contributed by atoms with van der Waals surface area (Å²) in [6.45, 7) is 1.57. The van der Waals surface area contributed by atoms with E-state index in [2.05, 4.69) is 5.32 Å². The Kier molecular flexibility index (Phi) is 4.89. The van der Waals surface area contributed by atoms with Gasteiger partial charge < -0.3 is 10.1 Å². The number of non-ortho nitro benzene ring substituents is 1. The number of nitrogens with one attached hydrogen (secondary N) is 1. The van der Waals surface area contributed by atoms with E-state index in [4.69, 9.17) is 10.00 Å². The quantitative estimate of drug-likeness (QED) is 0.675. The fraction of sp³-hybridized carbons (Fsp3) is 0.125. The number of carbonyl (C=O) groups is 1. The molecule has 0 aromatic heterocycles. The van der Waals surface area contributed by atoms with Crippen LogP contribution in [0.25, 0.3) is 0 Å². The van der Waals surface area contributed by atoms with E-state index in [9.17, 15) is 14.9 Å². The van der Waals surface area contributed by atoms with Gasteiger partial charge in [0, 0.05) is 17.8 Å². The molecule has 2 aromatic carbocycles. The van der Waals surface area contributed by atoms with Crippen molar-refractivity contribution in [2.75, 3.05) is 5.32 Å². The normalized spacial score (nSPS) is 11.1. The van der Waals surface area contributed by atoms with Crippen molar-refractivity contribution >= 4 is 17.3 Å². The Morgan fingerprint density at radius 2 is 1.83 bits per heavy atom. The lowest BCUT2D eigenvalue weighted by molar-refractivity contribution is -0.384. The minimum absolute atomic E-state index is 0.0490. The topological polar surface area (TPSA) is 105 Å². The third-order valence-electron chi connectivity index (χ3n) is 3.01. The second kappa shape index (κ2) is 7.04. The van der Waals surface area contributed by atoms with Crippen LogP contribution in [0.4, 0.5) is 11.4 Å². The van der Waals surface area contributed by atoms with Crippen LogP contribution in [0.1, 0.15) is 12.5 Å². The first-order chi connectivity index (χ1) is 11.0. The molecular formula is C16H13N3O4. The molecule has 0 spiro atoms. The number of anilines is 1. The van der Waals surface area contributed by atoms with E-state index in [-0.39, 0.29) is 11.6 Å². The van der Waals surface area contributed by atoms with Crippen LogP contribution in [0.15, 0.2) is 48.5 Å². The average Bonchev–Trinajstić information content (AvgIpc) is 2.56. The molecule has 1 atom stereocenters. The lowest BCUT2D eigenvalue weighted by Crippen LogP contribution is -2.30. The first-order valence-electron chi connectivity index (χ1n) is 6.72. The number of hydrogen-bond donors (Lipinski definition) is 1. The van der Waals surface area contributed by atoms with E-state index in [0.29, 0.717) is 17.0 Å². The predicted molar refractivity (Wildman–Crippen MR) is 83.0 cm³/mol. The van der Waals surface area contributed by atoms with Gasteiger partial charge in [0.2, 0.25) is 0 Å². The molecule has 1 amide bonds. The summed E-state index contributed by atoms with van der Waals surface area (Å²) in [6.07, 6.45) is -0.785. The molecule has 2 rings (SSSR count). The van der Waals surface area contributed by atoms with Crippen LogP contribution in [-0.2, 0) is 4.79 Å². The fourth-order valence-electron chi connectivity index (χ4n) is 1.78. The van der Waals surface area contributed by atoms with Gasteiger partial charge in [0.15, 0.2) is 6.10 Å². The Labute approximate surface area is 132 Å². The van der Waals surface area contributed by atoms with Gasteiger partial charge >= 0.3 is 0 Å². The number of carbonyl (C=O) groups excluding carboxylic acids is 1. The lowest BCUT2D eigenvalue weighted by atomic mass is 10.2. The van der Waals surface area contributed by atoms with Crippen molar-refractivity contribution in [2.45, 2.75) is 13.0 Å². The number of nitro benzene ring substituents is 1. The van der Waals surface area contributed by atoms with Gasteiger partial charge in [0.05, 0.1) is 16.6 Å². The minimum atomic E-state index is -0.785. The first-order valence-corrected chi connectivity index (χ1v) is 6.72. The van der Waals surface area contributed by atoms with Crippen molar-refractivity contribution in [2.24, 2.45) is 0 Å². The lowest BCUT2D eigenvalue weighted by Gasteiger charge is -2.14. The van der Waals surface area contributed by atoms with Crippen molar-refractivity contribution < 1.29 is 14.5 Å². The molecule has 0 radical (unpaired) electrons. The zero-order valence-electron chi connectivity index (χ0n) is 12.2. The van der Waals surface area contributed by atoms with Crippen LogP contribution in [0, 0.1) is 21.4 Å². The predicted octanol–water partition coefficient (Wildman–Crippen LogP) is 2.87. The van der Waals surface area contributed by atoms with E-state index < -0.39 is 11.0 Å². The smallest absolute Gasteiger partial charge is 0.269 e. The van der Waals surface area contributed by atoms with E-state index in [0.717, 1.165) is 0 Å². The number of amides is 1. The van der Waals surface area contributed by atoms with Crippen LogP contribution >= 0.6 is 0 Å². The summed E-state index contributed by atoms with van der Waals surface area (Å²) < 4.78 is 5.44. The molecule has 7 heteroatoms. The van der Waals surface area contributed by atoms with Crippen molar-refractivity contribution in [3.8, 4) is 11.8 Å². The van der Waals surface area contributed by atoms with Crippen molar-refractivity contribution in [3.05, 3.63) is 64.2 Å². The van der Waals surface area contributed by atoms with Gasteiger partial charge in [0.1, 0.15) is 5.75 Å². The largest absolute Gasteiger partial charge is 0.481 e. The first kappa shape index (κ1) is 16.0. The van der Waals surface area contributed by atoms with Crippen molar-refractivity contribution in [1.29, 1.82) is 5.26 Å². The summed E-state index contributed by atoms with van der Waals surface area (Å²) in [5.74, 6) is -0.00820. The second-order valence-corrected chi connectivity index (χ2v) is 4.69. The number of hydrogen-bond acceptors (Lipinski definition) is 5. The maximum absolute atomic E-state index is 12.0. The SMILES string of the molecule is C[C@H](Oc1ccc([N+](=O)[O-])cc1)C(=O)Nc1ccc(C#N)cc1. The third-order valence-corrected chi connectivity index (χ3v) is 3.01. The van der Waals surface area contributed by atoms with Gasteiger partial charge in [-0.25, -0.2) is 0 Å². The molecule has 0 aliphatic rings. The average molecular weight is 311 g/mol. The Hall–Kier alpha value is -3.40.